The zero-order chi connectivity index (χ0) is 27.8. The fourth-order valence-electron chi connectivity index (χ4n) is 4.16. The first kappa shape index (κ1) is 31.1. The lowest BCUT2D eigenvalue weighted by Gasteiger charge is -2.27. The maximum atomic E-state index is 12.2. The summed E-state index contributed by atoms with van der Waals surface area (Å²) in [6, 6.07) is 2.10. The standard InChI is InChI=1S/C19H25N4O13PS.H3N/c1-32-15-14(8(6-24)34-17(15)23-5-3-11(26)21-19(23)30)36-37(31,38)33-7-9-12(27)13(28)16(35-9)22-4-2-10(25)20-18(22)29;/h2-5,8-9,12-17,24,27-28H,6-7H2,1H3,(H,31,38)(H,20,25,29)(H,21,26,30);1H3/p+1/t8-,9-,12?,13+,14?,15+,16-,17-,37?;/m1./s1. The van der Waals surface area contributed by atoms with Crippen LogP contribution >= 0.6 is 6.72 Å². The first-order valence-corrected chi connectivity index (χ1v) is 13.6. The Hall–Kier alpha value is -2.39. The number of H-pyrrole nitrogens is 2. The number of rotatable bonds is 9. The highest BCUT2D eigenvalue weighted by molar-refractivity contribution is 8.07. The molecule has 218 valence electrons. The Morgan fingerprint density at radius 3 is 2.00 bits per heavy atom. The van der Waals surface area contributed by atoms with Crippen LogP contribution in [0.5, 0.6) is 0 Å². The van der Waals surface area contributed by atoms with Gasteiger partial charge in [-0.1, -0.05) is 0 Å². The average Bonchev–Trinajstić information content (AvgIpc) is 3.34. The van der Waals surface area contributed by atoms with E-state index in [0.717, 1.165) is 33.7 Å². The van der Waals surface area contributed by atoms with Crippen LogP contribution in [-0.4, -0.2) is 96.3 Å². The summed E-state index contributed by atoms with van der Waals surface area (Å²) in [7, 11) is 1.26. The van der Waals surface area contributed by atoms with Crippen molar-refractivity contribution in [2.45, 2.75) is 49.1 Å². The highest BCUT2D eigenvalue weighted by Gasteiger charge is 2.50. The van der Waals surface area contributed by atoms with Gasteiger partial charge in [-0.3, -0.25) is 33.2 Å². The normalized spacial score (nSPS) is 32.0. The van der Waals surface area contributed by atoms with Crippen molar-refractivity contribution >= 4 is 18.5 Å². The smallest absolute Gasteiger partial charge is 0.330 e. The highest BCUT2D eigenvalue weighted by atomic mass is 32.5. The summed E-state index contributed by atoms with van der Waals surface area (Å²) >= 11 is 5.06. The van der Waals surface area contributed by atoms with Gasteiger partial charge in [0.25, 0.3) is 11.1 Å². The van der Waals surface area contributed by atoms with Gasteiger partial charge in [0.2, 0.25) is 0 Å². The number of nitrogens with one attached hydrogen (secondary N) is 2. The first-order valence-electron chi connectivity index (χ1n) is 11.0. The van der Waals surface area contributed by atoms with E-state index in [1.165, 1.54) is 7.11 Å². The number of ether oxygens (including phenoxy) is 3. The lowest BCUT2D eigenvalue weighted by atomic mass is 10.1. The molecular weight excluding hydrogens is 569 g/mol. The SMILES string of the molecule is CO[C@H]1C(OP(O)(=S)OC[C@H]2O[C@@H](n3ccc(=O)[nH]c3=O)[C@@H](O)C2O)[C@@H](CO)O[C@H]1n1ccc(=O)[nH]c1=O.[NH4+]. The van der Waals surface area contributed by atoms with Gasteiger partial charge in [0.05, 0.1) is 13.2 Å². The van der Waals surface area contributed by atoms with Crippen molar-refractivity contribution in [1.29, 1.82) is 0 Å². The summed E-state index contributed by atoms with van der Waals surface area (Å²) < 4.78 is 29.3. The Morgan fingerprint density at radius 2 is 1.49 bits per heavy atom. The lowest BCUT2D eigenvalue weighted by Crippen LogP contribution is -2.40. The number of hydrogen-bond acceptors (Lipinski definition) is 13. The van der Waals surface area contributed by atoms with E-state index in [0.29, 0.717) is 0 Å². The van der Waals surface area contributed by atoms with E-state index in [9.17, 15) is 39.4 Å². The van der Waals surface area contributed by atoms with Gasteiger partial charge in [-0.05, 0) is 11.8 Å². The third kappa shape index (κ3) is 6.51. The van der Waals surface area contributed by atoms with Gasteiger partial charge >= 0.3 is 18.1 Å². The maximum absolute atomic E-state index is 12.2. The largest absolute Gasteiger partial charge is 0.394 e. The number of aliphatic hydroxyl groups is 3. The molecule has 0 saturated carbocycles. The van der Waals surface area contributed by atoms with E-state index < -0.39 is 91.5 Å². The number of quaternary nitrogens is 1. The molecule has 4 heterocycles. The second-order valence-corrected chi connectivity index (χ2v) is 11.2. The van der Waals surface area contributed by atoms with Crippen molar-refractivity contribution in [3.05, 3.63) is 66.2 Å². The minimum Gasteiger partial charge on any atom is -0.394 e. The van der Waals surface area contributed by atoms with Gasteiger partial charge in [0.15, 0.2) is 12.5 Å². The van der Waals surface area contributed by atoms with E-state index in [4.69, 9.17) is 35.1 Å². The van der Waals surface area contributed by atoms with Crippen molar-refractivity contribution in [2.75, 3.05) is 20.3 Å². The molecule has 9 atom stereocenters. The fraction of sp³-hybridized carbons (Fsp3) is 0.579. The average molecular weight is 599 g/mol. The molecule has 0 amide bonds. The molecule has 39 heavy (non-hydrogen) atoms. The van der Waals surface area contributed by atoms with Gasteiger partial charge in [-0.15, -0.1) is 0 Å². The van der Waals surface area contributed by atoms with E-state index in [1.54, 1.807) is 0 Å². The number of nitrogens with zero attached hydrogens (tertiary/aromatic N) is 2. The van der Waals surface area contributed by atoms with Crippen LogP contribution in [0.3, 0.4) is 0 Å². The molecule has 0 aromatic carbocycles. The predicted octanol–water partition coefficient (Wildman–Crippen LogP) is -3.39. The van der Waals surface area contributed by atoms with Crippen molar-refractivity contribution < 1.29 is 43.5 Å². The van der Waals surface area contributed by atoms with Crippen LogP contribution in [0.15, 0.2) is 43.7 Å². The lowest BCUT2D eigenvalue weighted by molar-refractivity contribution is -0.0625. The van der Waals surface area contributed by atoms with E-state index in [1.807, 2.05) is 4.98 Å². The van der Waals surface area contributed by atoms with E-state index in [2.05, 4.69) is 4.98 Å². The molecule has 10 N–H and O–H groups in total. The van der Waals surface area contributed by atoms with Crippen molar-refractivity contribution in [3.63, 3.8) is 0 Å². The van der Waals surface area contributed by atoms with Crippen LogP contribution in [0.1, 0.15) is 12.5 Å². The molecule has 0 bridgehead atoms. The Bertz CT molecular complexity index is 1430. The van der Waals surface area contributed by atoms with Crippen LogP contribution in [0, 0.1) is 0 Å². The van der Waals surface area contributed by atoms with Crippen LogP contribution in [0.4, 0.5) is 0 Å². The molecule has 3 unspecified atom stereocenters. The number of aromatic amines is 2. The molecule has 20 heteroatoms. The predicted molar refractivity (Wildman–Crippen MR) is 134 cm³/mol. The molecule has 2 fully saturated rings. The molecule has 0 spiro atoms. The summed E-state index contributed by atoms with van der Waals surface area (Å²) in [6.07, 6.45) is -8.22. The van der Waals surface area contributed by atoms with Crippen LogP contribution < -0.4 is 28.6 Å². The summed E-state index contributed by atoms with van der Waals surface area (Å²) in [5.74, 6) is 0. The summed E-state index contributed by atoms with van der Waals surface area (Å²) in [5.41, 5.74) is -3.01. The second-order valence-electron chi connectivity index (χ2n) is 8.36. The monoisotopic (exact) mass is 598 g/mol. The van der Waals surface area contributed by atoms with Crippen LogP contribution in [0.25, 0.3) is 0 Å². The molecule has 2 aliphatic rings. The Kier molecular flexibility index (Phi) is 9.92. The third-order valence-corrected chi connectivity index (χ3v) is 7.54. The van der Waals surface area contributed by atoms with E-state index >= 15 is 0 Å². The zero-order valence-corrected chi connectivity index (χ0v) is 22.3. The van der Waals surface area contributed by atoms with E-state index in [-0.39, 0.29) is 6.15 Å². The molecule has 18 nitrogen and oxygen atoms in total. The number of hydrogen-bond donors (Lipinski definition) is 7. The summed E-state index contributed by atoms with van der Waals surface area (Å²) in [5, 5.41) is 30.5. The number of aromatic nitrogens is 4. The van der Waals surface area contributed by atoms with Gasteiger partial charge in [0, 0.05) is 31.6 Å². The molecule has 4 rings (SSSR count). The molecule has 2 aromatic heterocycles. The van der Waals surface area contributed by atoms with Gasteiger partial charge in [-0.2, -0.15) is 0 Å². The van der Waals surface area contributed by atoms with Gasteiger partial charge in [0.1, 0.15) is 36.6 Å². The van der Waals surface area contributed by atoms with Crippen LogP contribution in [-0.2, 0) is 35.1 Å². The quantitative estimate of drug-likeness (QED) is 0.139. The van der Waals surface area contributed by atoms with Crippen molar-refractivity contribution in [3.8, 4) is 0 Å². The Morgan fingerprint density at radius 1 is 0.949 bits per heavy atom. The third-order valence-electron chi connectivity index (χ3n) is 5.98. The zero-order valence-electron chi connectivity index (χ0n) is 20.6. The maximum Gasteiger partial charge on any atom is 0.330 e. The minimum atomic E-state index is -4.16. The summed E-state index contributed by atoms with van der Waals surface area (Å²) in [6.45, 7) is -5.37. The van der Waals surface area contributed by atoms with Crippen molar-refractivity contribution in [2.24, 2.45) is 0 Å². The summed E-state index contributed by atoms with van der Waals surface area (Å²) in [4.78, 5) is 61.7. The Labute approximate surface area is 223 Å². The number of aliphatic hydroxyl groups excluding tert-OH is 3. The molecule has 2 aliphatic heterocycles. The molecule has 2 saturated heterocycles. The first-order chi connectivity index (χ1) is 18.0. The second kappa shape index (κ2) is 12.4. The Balaban J connectivity index is 0.00000420. The fourth-order valence-corrected chi connectivity index (χ4v) is 5.60. The van der Waals surface area contributed by atoms with Gasteiger partial charge < -0.3 is 45.1 Å². The molecule has 0 aliphatic carbocycles. The minimum absolute atomic E-state index is 0. The highest BCUT2D eigenvalue weighted by Crippen LogP contribution is 2.49. The van der Waals surface area contributed by atoms with Gasteiger partial charge in [-0.25, -0.2) is 9.59 Å². The topological polar surface area (TPSA) is 273 Å². The van der Waals surface area contributed by atoms with Crippen molar-refractivity contribution in [1.82, 2.24) is 25.3 Å². The molecule has 2 aromatic rings. The number of methoxy groups -OCH3 is 1. The van der Waals surface area contributed by atoms with Crippen LogP contribution in [0.2, 0.25) is 0 Å². The molecular formula is C19H29N5O13PS+. The molecule has 0 radical (unpaired) electrons.